The third kappa shape index (κ3) is 2.82. The Labute approximate surface area is 165 Å². The normalized spacial score (nSPS) is 12.0. The summed E-state index contributed by atoms with van der Waals surface area (Å²) in [4.78, 5) is 25.9. The van der Waals surface area contributed by atoms with E-state index in [1.807, 2.05) is 54.0 Å². The lowest BCUT2D eigenvalue weighted by Gasteiger charge is -2.11. The van der Waals surface area contributed by atoms with Crippen molar-refractivity contribution in [3.8, 4) is 11.1 Å². The molecule has 0 spiro atoms. The zero-order valence-corrected chi connectivity index (χ0v) is 16.7. The molecule has 1 heterocycles. The van der Waals surface area contributed by atoms with Gasteiger partial charge < -0.3 is 9.30 Å². The summed E-state index contributed by atoms with van der Waals surface area (Å²) in [6.45, 7) is 4.47. The Morgan fingerprint density at radius 3 is 2.56 bits per heavy atom. The van der Waals surface area contributed by atoms with Crippen molar-refractivity contribution in [1.29, 1.82) is 0 Å². The molecule has 1 aromatic heterocycles. The van der Waals surface area contributed by atoms with Gasteiger partial charge in [-0.25, -0.2) is 4.79 Å². The molecule has 4 nitrogen and oxygen atoms in total. The third-order valence-electron chi connectivity index (χ3n) is 4.90. The molecular formula is C22H18BrNO3. The molecule has 0 saturated carbocycles. The first-order valence-corrected chi connectivity index (χ1v) is 9.61. The molecule has 1 aliphatic rings. The van der Waals surface area contributed by atoms with Gasteiger partial charge in [-0.15, -0.1) is 0 Å². The fourth-order valence-corrected chi connectivity index (χ4v) is 4.06. The molecule has 4 rings (SSSR count). The Balaban J connectivity index is 1.97. The van der Waals surface area contributed by atoms with Crippen LogP contribution in [0.1, 0.15) is 44.6 Å². The number of nitrogens with zero attached hydrogens (tertiary/aromatic N) is 1. The highest BCUT2D eigenvalue weighted by molar-refractivity contribution is 9.10. The number of ketones is 1. The van der Waals surface area contributed by atoms with E-state index in [1.54, 1.807) is 13.0 Å². The van der Waals surface area contributed by atoms with Gasteiger partial charge in [-0.3, -0.25) is 4.79 Å². The molecule has 0 N–H and O–H groups in total. The summed E-state index contributed by atoms with van der Waals surface area (Å²) in [6, 6.07) is 15.5. The van der Waals surface area contributed by atoms with Crippen LogP contribution < -0.4 is 0 Å². The van der Waals surface area contributed by atoms with E-state index in [9.17, 15) is 9.59 Å². The molecule has 5 heteroatoms. The number of carbonyl (C=O) groups is 2. The second kappa shape index (κ2) is 6.82. The van der Waals surface area contributed by atoms with Crippen LogP contribution in [0, 0.1) is 6.92 Å². The van der Waals surface area contributed by atoms with E-state index in [1.165, 1.54) is 0 Å². The van der Waals surface area contributed by atoms with Crippen molar-refractivity contribution in [3.05, 3.63) is 81.1 Å². The number of benzene rings is 2. The number of aromatic nitrogens is 1. The minimum absolute atomic E-state index is 0.0536. The van der Waals surface area contributed by atoms with Gasteiger partial charge in [0.2, 0.25) is 5.78 Å². The number of halogens is 1. The van der Waals surface area contributed by atoms with E-state index in [-0.39, 0.29) is 12.4 Å². The lowest BCUT2D eigenvalue weighted by molar-refractivity contribution is 0.0526. The molecule has 2 aromatic carbocycles. The first kappa shape index (κ1) is 17.7. The minimum Gasteiger partial charge on any atom is -0.462 e. The number of carbonyl (C=O) groups excluding carboxylic acids is 2. The Hall–Kier alpha value is -2.66. The monoisotopic (exact) mass is 423 g/mol. The van der Waals surface area contributed by atoms with E-state index in [2.05, 4.69) is 15.9 Å². The van der Waals surface area contributed by atoms with Gasteiger partial charge in [0.1, 0.15) is 0 Å². The van der Waals surface area contributed by atoms with E-state index in [0.29, 0.717) is 28.9 Å². The van der Waals surface area contributed by atoms with Crippen LogP contribution in [0.2, 0.25) is 0 Å². The third-order valence-corrected chi connectivity index (χ3v) is 5.39. The maximum Gasteiger partial charge on any atom is 0.340 e. The maximum atomic E-state index is 13.2. The molecular weight excluding hydrogens is 406 g/mol. The zero-order chi connectivity index (χ0) is 19.1. The average Bonchev–Trinajstić information content (AvgIpc) is 3.09. The van der Waals surface area contributed by atoms with Crippen LogP contribution >= 0.6 is 15.9 Å². The topological polar surface area (TPSA) is 48.3 Å². The minimum atomic E-state index is -0.390. The largest absolute Gasteiger partial charge is 0.462 e. The molecule has 0 atom stereocenters. The average molecular weight is 424 g/mol. The summed E-state index contributed by atoms with van der Waals surface area (Å²) >= 11 is 3.47. The Bertz CT molecular complexity index is 1070. The van der Waals surface area contributed by atoms with Gasteiger partial charge in [-0.2, -0.15) is 0 Å². The smallest absolute Gasteiger partial charge is 0.340 e. The highest BCUT2D eigenvalue weighted by Gasteiger charge is 2.37. The van der Waals surface area contributed by atoms with Gasteiger partial charge in [0.05, 0.1) is 17.9 Å². The van der Waals surface area contributed by atoms with Gasteiger partial charge in [-0.05, 0) is 43.2 Å². The van der Waals surface area contributed by atoms with E-state index >= 15 is 0 Å². The van der Waals surface area contributed by atoms with Gasteiger partial charge >= 0.3 is 5.97 Å². The van der Waals surface area contributed by atoms with Crippen molar-refractivity contribution in [2.45, 2.75) is 20.4 Å². The fourth-order valence-electron chi connectivity index (χ4n) is 3.70. The van der Waals surface area contributed by atoms with Crippen LogP contribution in [0.5, 0.6) is 0 Å². The molecule has 3 aromatic rings. The number of esters is 1. The van der Waals surface area contributed by atoms with Crippen molar-refractivity contribution in [2.75, 3.05) is 6.61 Å². The summed E-state index contributed by atoms with van der Waals surface area (Å²) < 4.78 is 8.11. The van der Waals surface area contributed by atoms with Gasteiger partial charge in [0, 0.05) is 27.8 Å². The molecule has 1 aliphatic carbocycles. The summed E-state index contributed by atoms with van der Waals surface area (Å²) in [6.07, 6.45) is 0. The fraction of sp³-hybridized carbons (Fsp3) is 0.182. The van der Waals surface area contributed by atoms with Crippen molar-refractivity contribution in [2.24, 2.45) is 0 Å². The van der Waals surface area contributed by atoms with E-state index in [4.69, 9.17) is 4.74 Å². The van der Waals surface area contributed by atoms with E-state index in [0.717, 1.165) is 21.3 Å². The SMILES string of the molecule is CCOC(=O)c1c2c(n(Cc3ccccc3)c1C)C(=O)c1ccc(Br)cc1-2. The van der Waals surface area contributed by atoms with Crippen molar-refractivity contribution >= 4 is 27.7 Å². The Kier molecular flexibility index (Phi) is 4.48. The van der Waals surface area contributed by atoms with Crippen molar-refractivity contribution in [3.63, 3.8) is 0 Å². The summed E-state index contributed by atoms with van der Waals surface area (Å²) in [5, 5.41) is 0. The molecule has 27 heavy (non-hydrogen) atoms. The predicted octanol–water partition coefficient (Wildman–Crippen LogP) is 5.00. The standard InChI is InChI=1S/C22H18BrNO3/c1-3-27-22(26)18-13(2)24(12-14-7-5-4-6-8-14)20-19(18)17-11-15(23)9-10-16(17)21(20)25/h4-11H,3,12H2,1-2H3. The van der Waals surface area contributed by atoms with Crippen LogP contribution in [0.3, 0.4) is 0 Å². The number of hydrogen-bond acceptors (Lipinski definition) is 3. The molecule has 0 radical (unpaired) electrons. The lowest BCUT2D eigenvalue weighted by atomic mass is 10.0. The second-order valence-electron chi connectivity index (χ2n) is 6.50. The second-order valence-corrected chi connectivity index (χ2v) is 7.41. The highest BCUT2D eigenvalue weighted by Crippen LogP contribution is 2.43. The Morgan fingerprint density at radius 2 is 1.85 bits per heavy atom. The molecule has 0 amide bonds. The van der Waals surface area contributed by atoms with Gasteiger partial charge in [0.25, 0.3) is 0 Å². The predicted molar refractivity (Wildman–Crippen MR) is 107 cm³/mol. The lowest BCUT2D eigenvalue weighted by Crippen LogP contribution is -2.12. The van der Waals surface area contributed by atoms with Crippen LogP contribution in [-0.4, -0.2) is 22.9 Å². The zero-order valence-electron chi connectivity index (χ0n) is 15.1. The van der Waals surface area contributed by atoms with Crippen LogP contribution in [-0.2, 0) is 11.3 Å². The summed E-state index contributed by atoms with van der Waals surface area (Å²) in [7, 11) is 0. The first-order chi connectivity index (χ1) is 13.0. The van der Waals surface area contributed by atoms with Crippen LogP contribution in [0.15, 0.2) is 53.0 Å². The molecule has 136 valence electrons. The maximum absolute atomic E-state index is 13.2. The molecule has 0 unspecified atom stereocenters. The van der Waals surface area contributed by atoms with Gasteiger partial charge in [-0.1, -0.05) is 46.3 Å². The van der Waals surface area contributed by atoms with Gasteiger partial charge in [0.15, 0.2) is 0 Å². The number of fused-ring (bicyclic) bond motifs is 3. The first-order valence-electron chi connectivity index (χ1n) is 8.81. The quantitative estimate of drug-likeness (QED) is 0.434. The molecule has 0 aliphatic heterocycles. The van der Waals surface area contributed by atoms with Crippen LogP contribution in [0.25, 0.3) is 11.1 Å². The molecule has 0 fully saturated rings. The summed E-state index contributed by atoms with van der Waals surface area (Å²) in [5.41, 5.74) is 4.95. The number of hydrogen-bond donors (Lipinski definition) is 0. The van der Waals surface area contributed by atoms with Crippen LogP contribution in [0.4, 0.5) is 0 Å². The summed E-state index contributed by atoms with van der Waals surface area (Å²) in [5.74, 6) is -0.444. The van der Waals surface area contributed by atoms with Crippen molar-refractivity contribution < 1.29 is 14.3 Å². The molecule has 0 saturated heterocycles. The number of ether oxygens (including phenoxy) is 1. The Morgan fingerprint density at radius 1 is 1.11 bits per heavy atom. The number of rotatable bonds is 4. The van der Waals surface area contributed by atoms with E-state index < -0.39 is 5.97 Å². The molecule has 0 bridgehead atoms. The van der Waals surface area contributed by atoms with Crippen molar-refractivity contribution in [1.82, 2.24) is 4.57 Å². The highest BCUT2D eigenvalue weighted by atomic mass is 79.9.